The minimum Gasteiger partial charge on any atom is -0.271 e. The molecular formula is C23H19F3N4O5S. The number of halogens is 3. The highest BCUT2D eigenvalue weighted by atomic mass is 32.2. The first-order valence-corrected chi connectivity index (χ1v) is 11.7. The summed E-state index contributed by atoms with van der Waals surface area (Å²) in [7, 11) is -4.42. The number of benzene rings is 3. The van der Waals surface area contributed by atoms with Gasteiger partial charge in [0.25, 0.3) is 21.6 Å². The van der Waals surface area contributed by atoms with E-state index in [0.29, 0.717) is 15.9 Å². The summed E-state index contributed by atoms with van der Waals surface area (Å²) in [6.07, 6.45) is -4.73. The van der Waals surface area contributed by atoms with Gasteiger partial charge in [-0.25, -0.2) is 13.8 Å². The Morgan fingerprint density at radius 2 is 1.67 bits per heavy atom. The number of rotatable bonds is 8. The molecule has 13 heteroatoms. The number of nitro groups is 1. The zero-order valence-corrected chi connectivity index (χ0v) is 19.5. The molecule has 0 radical (unpaired) electrons. The predicted octanol–water partition coefficient (Wildman–Crippen LogP) is 4.35. The zero-order valence-electron chi connectivity index (χ0n) is 18.6. The van der Waals surface area contributed by atoms with Crippen molar-refractivity contribution in [2.45, 2.75) is 18.0 Å². The third kappa shape index (κ3) is 6.24. The standard InChI is InChI=1S/C23H19F3N4O5S/c1-16(17-10-12-19(13-11-17)30(32)33)27-28-22(31)15-29(36(34,35)21-8-3-2-4-9-21)20-7-5-6-18(14-20)23(24,25)26/h2-14H,15H2,1H3,(H,28,31)/b27-16-. The van der Waals surface area contributed by atoms with Crippen LogP contribution in [0.1, 0.15) is 18.1 Å². The zero-order chi connectivity index (χ0) is 26.5. The molecule has 9 nitrogen and oxygen atoms in total. The van der Waals surface area contributed by atoms with Gasteiger partial charge in [0.1, 0.15) is 6.54 Å². The lowest BCUT2D eigenvalue weighted by atomic mass is 10.1. The number of sulfonamides is 1. The van der Waals surface area contributed by atoms with Crippen molar-refractivity contribution in [2.75, 3.05) is 10.8 Å². The molecule has 3 rings (SSSR count). The molecule has 36 heavy (non-hydrogen) atoms. The van der Waals surface area contributed by atoms with E-state index in [-0.39, 0.29) is 22.0 Å². The van der Waals surface area contributed by atoms with Crippen molar-refractivity contribution in [2.24, 2.45) is 5.10 Å². The molecule has 0 fully saturated rings. The molecule has 0 aliphatic heterocycles. The number of amides is 1. The van der Waals surface area contributed by atoms with Crippen LogP contribution >= 0.6 is 0 Å². The topological polar surface area (TPSA) is 122 Å². The van der Waals surface area contributed by atoms with E-state index >= 15 is 0 Å². The van der Waals surface area contributed by atoms with E-state index in [9.17, 15) is 36.5 Å². The van der Waals surface area contributed by atoms with Crippen LogP contribution in [0.2, 0.25) is 0 Å². The maximum atomic E-state index is 13.3. The van der Waals surface area contributed by atoms with Crippen LogP contribution in [0.25, 0.3) is 0 Å². The molecule has 0 heterocycles. The second kappa shape index (κ2) is 10.6. The van der Waals surface area contributed by atoms with E-state index < -0.39 is 39.1 Å². The van der Waals surface area contributed by atoms with Gasteiger partial charge in [-0.3, -0.25) is 19.2 Å². The van der Waals surface area contributed by atoms with Crippen LogP contribution in [-0.4, -0.2) is 31.5 Å². The minimum atomic E-state index is -4.73. The highest BCUT2D eigenvalue weighted by Crippen LogP contribution is 2.33. The van der Waals surface area contributed by atoms with Crippen molar-refractivity contribution < 1.29 is 31.3 Å². The number of non-ortho nitro benzene ring substituents is 1. The number of carbonyl (C=O) groups is 1. The number of hydrogen-bond acceptors (Lipinski definition) is 6. The van der Waals surface area contributed by atoms with E-state index in [2.05, 4.69) is 10.5 Å². The maximum Gasteiger partial charge on any atom is 0.416 e. The molecule has 0 bridgehead atoms. The van der Waals surface area contributed by atoms with Gasteiger partial charge in [-0.2, -0.15) is 18.3 Å². The molecule has 0 aliphatic carbocycles. The van der Waals surface area contributed by atoms with Gasteiger partial charge in [0.05, 0.1) is 26.8 Å². The highest BCUT2D eigenvalue weighted by molar-refractivity contribution is 7.92. The Morgan fingerprint density at radius 1 is 1.03 bits per heavy atom. The van der Waals surface area contributed by atoms with Crippen molar-refractivity contribution >= 4 is 33.0 Å². The number of nitro benzene ring substituents is 1. The summed E-state index contributed by atoms with van der Waals surface area (Å²) in [6, 6.07) is 15.9. The predicted molar refractivity (Wildman–Crippen MR) is 126 cm³/mol. The number of hydrogen-bond donors (Lipinski definition) is 1. The van der Waals surface area contributed by atoms with Crippen LogP contribution in [0, 0.1) is 10.1 Å². The second-order valence-electron chi connectivity index (χ2n) is 7.41. The number of anilines is 1. The number of hydrazone groups is 1. The Morgan fingerprint density at radius 3 is 2.25 bits per heavy atom. The van der Waals surface area contributed by atoms with Gasteiger partial charge in [-0.1, -0.05) is 24.3 Å². The molecule has 188 valence electrons. The van der Waals surface area contributed by atoms with Crippen LogP contribution < -0.4 is 9.73 Å². The maximum absolute atomic E-state index is 13.3. The first kappa shape index (κ1) is 26.3. The summed E-state index contributed by atoms with van der Waals surface area (Å²) in [6.45, 7) is 0.641. The molecule has 0 aromatic heterocycles. The Hall–Kier alpha value is -4.26. The van der Waals surface area contributed by atoms with E-state index in [0.717, 1.165) is 18.2 Å². The summed E-state index contributed by atoms with van der Waals surface area (Å²) < 4.78 is 66.8. The molecule has 0 aliphatic rings. The smallest absolute Gasteiger partial charge is 0.271 e. The largest absolute Gasteiger partial charge is 0.416 e. The van der Waals surface area contributed by atoms with Crippen LogP contribution in [-0.2, 0) is 21.0 Å². The fraction of sp³-hybridized carbons (Fsp3) is 0.130. The monoisotopic (exact) mass is 520 g/mol. The molecule has 0 unspecified atom stereocenters. The number of alkyl halides is 3. The first-order valence-electron chi connectivity index (χ1n) is 10.2. The molecule has 3 aromatic rings. The van der Waals surface area contributed by atoms with Gasteiger partial charge in [-0.05, 0) is 55.0 Å². The number of nitrogens with zero attached hydrogens (tertiary/aromatic N) is 3. The Balaban J connectivity index is 1.90. The van der Waals surface area contributed by atoms with Crippen LogP contribution in [0.4, 0.5) is 24.5 Å². The summed E-state index contributed by atoms with van der Waals surface area (Å²) in [5.41, 5.74) is 1.30. The average molecular weight is 520 g/mol. The van der Waals surface area contributed by atoms with Gasteiger partial charge in [0.2, 0.25) is 0 Å². The van der Waals surface area contributed by atoms with E-state index in [1.54, 1.807) is 6.07 Å². The van der Waals surface area contributed by atoms with Gasteiger partial charge >= 0.3 is 6.18 Å². The summed E-state index contributed by atoms with van der Waals surface area (Å²) in [5, 5.41) is 14.7. The van der Waals surface area contributed by atoms with Crippen molar-refractivity contribution in [1.29, 1.82) is 0 Å². The molecule has 0 saturated heterocycles. The van der Waals surface area contributed by atoms with Gasteiger partial charge < -0.3 is 0 Å². The summed E-state index contributed by atoms with van der Waals surface area (Å²) in [5.74, 6) is -0.923. The molecule has 0 atom stereocenters. The van der Waals surface area contributed by atoms with Crippen LogP contribution in [0.5, 0.6) is 0 Å². The number of carbonyl (C=O) groups excluding carboxylic acids is 1. The SMILES string of the molecule is C/C(=N/NC(=O)CN(c1cccc(C(F)(F)F)c1)S(=O)(=O)c1ccccc1)c1ccc([N+](=O)[O-])cc1. The Kier molecular flexibility index (Phi) is 7.73. The Labute approximate surface area is 204 Å². The highest BCUT2D eigenvalue weighted by Gasteiger charge is 2.33. The van der Waals surface area contributed by atoms with Crippen molar-refractivity contribution in [1.82, 2.24) is 5.43 Å². The molecule has 1 N–H and O–H groups in total. The van der Waals surface area contributed by atoms with Gasteiger partial charge in [0.15, 0.2) is 0 Å². The van der Waals surface area contributed by atoms with E-state index in [1.165, 1.54) is 55.5 Å². The lowest BCUT2D eigenvalue weighted by Gasteiger charge is -2.24. The lowest BCUT2D eigenvalue weighted by Crippen LogP contribution is -2.39. The second-order valence-corrected chi connectivity index (χ2v) is 9.27. The van der Waals surface area contributed by atoms with Gasteiger partial charge in [0, 0.05) is 12.1 Å². The normalized spacial score (nSPS) is 12.2. The average Bonchev–Trinajstić information content (AvgIpc) is 2.86. The quantitative estimate of drug-likeness (QED) is 0.269. The van der Waals surface area contributed by atoms with Crippen molar-refractivity contribution in [3.05, 3.63) is 100 Å². The van der Waals surface area contributed by atoms with E-state index in [4.69, 9.17) is 0 Å². The molecule has 0 saturated carbocycles. The fourth-order valence-electron chi connectivity index (χ4n) is 3.07. The summed E-state index contributed by atoms with van der Waals surface area (Å²) >= 11 is 0. The van der Waals surface area contributed by atoms with Crippen LogP contribution in [0.15, 0.2) is 88.9 Å². The summed E-state index contributed by atoms with van der Waals surface area (Å²) in [4.78, 5) is 22.6. The van der Waals surface area contributed by atoms with Crippen molar-refractivity contribution in [3.8, 4) is 0 Å². The first-order chi connectivity index (χ1) is 16.9. The number of nitrogens with one attached hydrogen (secondary N) is 1. The molecular weight excluding hydrogens is 501 g/mol. The third-order valence-electron chi connectivity index (χ3n) is 4.92. The molecule has 1 amide bonds. The van der Waals surface area contributed by atoms with E-state index in [1.807, 2.05) is 0 Å². The lowest BCUT2D eigenvalue weighted by molar-refractivity contribution is -0.384. The minimum absolute atomic E-state index is 0.140. The fourth-order valence-corrected chi connectivity index (χ4v) is 4.51. The van der Waals surface area contributed by atoms with Crippen LogP contribution in [0.3, 0.4) is 0 Å². The van der Waals surface area contributed by atoms with Crippen molar-refractivity contribution in [3.63, 3.8) is 0 Å². The molecule has 0 spiro atoms. The Bertz CT molecular complexity index is 1390. The van der Waals surface area contributed by atoms with Gasteiger partial charge in [-0.15, -0.1) is 0 Å². The molecule has 3 aromatic carbocycles. The third-order valence-corrected chi connectivity index (χ3v) is 6.71.